The summed E-state index contributed by atoms with van der Waals surface area (Å²) in [6.07, 6.45) is 4.33. The van der Waals surface area contributed by atoms with E-state index in [1.807, 2.05) is 0 Å². The van der Waals surface area contributed by atoms with E-state index in [1.165, 1.54) is 12.1 Å². The van der Waals surface area contributed by atoms with Crippen LogP contribution in [0.3, 0.4) is 0 Å². The lowest BCUT2D eigenvalue weighted by Crippen LogP contribution is -2.31. The molecule has 3 nitrogen and oxygen atoms in total. The predicted octanol–water partition coefficient (Wildman–Crippen LogP) is 2.28. The minimum Gasteiger partial charge on any atom is -0.396 e. The molecule has 4 heteroatoms. The Hall–Kier alpha value is -1.42. The van der Waals surface area contributed by atoms with E-state index < -0.39 is 0 Å². The fourth-order valence-electron chi connectivity index (χ4n) is 2.86. The fraction of sp³-hybridized carbons (Fsp3) is 0.562. The minimum atomic E-state index is -0.255. The van der Waals surface area contributed by atoms with Crippen molar-refractivity contribution in [3.8, 4) is 0 Å². The standard InChI is InChI=1S/C16H22FNO2/c17-15-7-4-12(5-8-15)6-9-16(20)18-10-13-2-1-3-14(13)11-19/h4-5,7-8,13-14,19H,1-3,6,9-11H2,(H,18,20). The highest BCUT2D eigenvalue weighted by Crippen LogP contribution is 2.30. The zero-order valence-electron chi connectivity index (χ0n) is 11.6. The van der Waals surface area contributed by atoms with Crippen molar-refractivity contribution < 1.29 is 14.3 Å². The lowest BCUT2D eigenvalue weighted by Gasteiger charge is -2.17. The molecule has 0 radical (unpaired) electrons. The maximum atomic E-state index is 12.7. The van der Waals surface area contributed by atoms with Crippen LogP contribution in [0.4, 0.5) is 4.39 Å². The van der Waals surface area contributed by atoms with Gasteiger partial charge >= 0.3 is 0 Å². The Morgan fingerprint density at radius 3 is 2.65 bits per heavy atom. The quantitative estimate of drug-likeness (QED) is 0.839. The van der Waals surface area contributed by atoms with Crippen LogP contribution in [0.1, 0.15) is 31.2 Å². The summed E-state index contributed by atoms with van der Waals surface area (Å²) in [5.74, 6) is 0.523. The van der Waals surface area contributed by atoms with Crippen molar-refractivity contribution in [3.63, 3.8) is 0 Å². The first-order valence-electron chi connectivity index (χ1n) is 7.31. The maximum absolute atomic E-state index is 12.7. The van der Waals surface area contributed by atoms with Crippen LogP contribution in [-0.2, 0) is 11.2 Å². The van der Waals surface area contributed by atoms with E-state index in [2.05, 4.69) is 5.32 Å². The highest BCUT2D eigenvalue weighted by molar-refractivity contribution is 5.76. The Balaban J connectivity index is 1.69. The van der Waals surface area contributed by atoms with Gasteiger partial charge in [-0.15, -0.1) is 0 Å². The molecule has 2 rings (SSSR count). The van der Waals surface area contributed by atoms with Gasteiger partial charge in [0.25, 0.3) is 0 Å². The first-order chi connectivity index (χ1) is 9.69. The monoisotopic (exact) mass is 279 g/mol. The lowest BCUT2D eigenvalue weighted by atomic mass is 9.97. The molecule has 1 aliphatic rings. The summed E-state index contributed by atoms with van der Waals surface area (Å²) in [6, 6.07) is 6.25. The number of aliphatic hydroxyl groups excluding tert-OH is 1. The number of hydrogen-bond donors (Lipinski definition) is 2. The van der Waals surface area contributed by atoms with Gasteiger partial charge in [-0.3, -0.25) is 4.79 Å². The van der Waals surface area contributed by atoms with Crippen LogP contribution in [0.15, 0.2) is 24.3 Å². The van der Waals surface area contributed by atoms with Crippen molar-refractivity contribution in [2.24, 2.45) is 11.8 Å². The van der Waals surface area contributed by atoms with E-state index in [0.29, 0.717) is 31.2 Å². The summed E-state index contributed by atoms with van der Waals surface area (Å²) in [7, 11) is 0. The topological polar surface area (TPSA) is 49.3 Å². The van der Waals surface area contributed by atoms with Crippen LogP contribution < -0.4 is 5.32 Å². The SMILES string of the molecule is O=C(CCc1ccc(F)cc1)NCC1CCCC1CO. The van der Waals surface area contributed by atoms with Crippen molar-refractivity contribution in [1.82, 2.24) is 5.32 Å². The van der Waals surface area contributed by atoms with Gasteiger partial charge < -0.3 is 10.4 Å². The fourth-order valence-corrected chi connectivity index (χ4v) is 2.86. The van der Waals surface area contributed by atoms with Crippen LogP contribution in [0, 0.1) is 17.7 Å². The second-order valence-electron chi connectivity index (χ2n) is 5.56. The van der Waals surface area contributed by atoms with Gasteiger partial charge in [-0.25, -0.2) is 4.39 Å². The average molecular weight is 279 g/mol. The third-order valence-corrected chi connectivity index (χ3v) is 4.17. The molecular weight excluding hydrogens is 257 g/mol. The molecule has 0 aromatic heterocycles. The highest BCUT2D eigenvalue weighted by Gasteiger charge is 2.26. The van der Waals surface area contributed by atoms with Gasteiger partial charge in [-0.2, -0.15) is 0 Å². The van der Waals surface area contributed by atoms with E-state index in [-0.39, 0.29) is 18.3 Å². The van der Waals surface area contributed by atoms with Gasteiger partial charge in [0.05, 0.1) is 0 Å². The number of rotatable bonds is 6. The number of halogens is 1. The molecule has 1 aromatic carbocycles. The third kappa shape index (κ3) is 4.30. The highest BCUT2D eigenvalue weighted by atomic mass is 19.1. The van der Waals surface area contributed by atoms with Gasteiger partial charge in [0.15, 0.2) is 0 Å². The van der Waals surface area contributed by atoms with Crippen LogP contribution in [-0.4, -0.2) is 24.2 Å². The van der Waals surface area contributed by atoms with Crippen LogP contribution in [0.2, 0.25) is 0 Å². The van der Waals surface area contributed by atoms with Gasteiger partial charge in [-0.05, 0) is 48.8 Å². The molecule has 1 aliphatic carbocycles. The molecule has 0 aliphatic heterocycles. The second-order valence-corrected chi connectivity index (χ2v) is 5.56. The molecule has 0 saturated heterocycles. The molecule has 20 heavy (non-hydrogen) atoms. The van der Waals surface area contributed by atoms with Gasteiger partial charge in [0, 0.05) is 19.6 Å². The molecule has 1 amide bonds. The lowest BCUT2D eigenvalue weighted by molar-refractivity contribution is -0.121. The predicted molar refractivity (Wildman–Crippen MR) is 75.6 cm³/mol. The number of carbonyl (C=O) groups is 1. The molecule has 1 aromatic rings. The Kier molecular flexibility index (Phi) is 5.53. The van der Waals surface area contributed by atoms with E-state index in [9.17, 15) is 14.3 Å². The molecule has 1 fully saturated rings. The summed E-state index contributed by atoms with van der Waals surface area (Å²) in [5.41, 5.74) is 0.968. The van der Waals surface area contributed by atoms with Crippen molar-refractivity contribution in [1.29, 1.82) is 0 Å². The number of amides is 1. The van der Waals surface area contributed by atoms with Crippen LogP contribution in [0.25, 0.3) is 0 Å². The van der Waals surface area contributed by atoms with Crippen molar-refractivity contribution >= 4 is 5.91 Å². The van der Waals surface area contributed by atoms with E-state index in [4.69, 9.17) is 0 Å². The van der Waals surface area contributed by atoms with E-state index in [0.717, 1.165) is 24.8 Å². The third-order valence-electron chi connectivity index (χ3n) is 4.17. The summed E-state index contributed by atoms with van der Waals surface area (Å²) in [5, 5.41) is 12.2. The number of aliphatic hydroxyl groups is 1. The van der Waals surface area contributed by atoms with Gasteiger partial charge in [0.1, 0.15) is 5.82 Å². The molecule has 2 atom stereocenters. The molecule has 2 unspecified atom stereocenters. The normalized spacial score (nSPS) is 21.9. The Morgan fingerprint density at radius 2 is 1.95 bits per heavy atom. The number of nitrogens with one attached hydrogen (secondary N) is 1. The van der Waals surface area contributed by atoms with Crippen LogP contribution in [0.5, 0.6) is 0 Å². The number of carbonyl (C=O) groups excluding carboxylic acids is 1. The maximum Gasteiger partial charge on any atom is 0.220 e. The van der Waals surface area contributed by atoms with Crippen LogP contribution >= 0.6 is 0 Å². The summed E-state index contributed by atoms with van der Waals surface area (Å²) in [4.78, 5) is 11.8. The smallest absolute Gasteiger partial charge is 0.220 e. The van der Waals surface area contributed by atoms with Gasteiger partial charge in [0.2, 0.25) is 5.91 Å². The Morgan fingerprint density at radius 1 is 1.25 bits per heavy atom. The largest absolute Gasteiger partial charge is 0.396 e. The zero-order chi connectivity index (χ0) is 14.4. The van der Waals surface area contributed by atoms with Gasteiger partial charge in [-0.1, -0.05) is 18.6 Å². The molecule has 110 valence electrons. The minimum absolute atomic E-state index is 0.0258. The van der Waals surface area contributed by atoms with Crippen molar-refractivity contribution in [2.45, 2.75) is 32.1 Å². The molecule has 2 N–H and O–H groups in total. The second kappa shape index (κ2) is 7.39. The van der Waals surface area contributed by atoms with E-state index >= 15 is 0 Å². The van der Waals surface area contributed by atoms with E-state index in [1.54, 1.807) is 12.1 Å². The number of benzene rings is 1. The Bertz CT molecular complexity index is 433. The van der Waals surface area contributed by atoms with Crippen molar-refractivity contribution in [3.05, 3.63) is 35.6 Å². The molecule has 0 spiro atoms. The van der Waals surface area contributed by atoms with Crippen molar-refractivity contribution in [2.75, 3.05) is 13.2 Å². The summed E-state index contributed by atoms with van der Waals surface area (Å²) >= 11 is 0. The molecule has 1 saturated carbocycles. The first-order valence-corrected chi connectivity index (χ1v) is 7.31. The average Bonchev–Trinajstić information content (AvgIpc) is 2.92. The number of aryl methyl sites for hydroxylation is 1. The summed E-state index contributed by atoms with van der Waals surface area (Å²) in [6.45, 7) is 0.879. The summed E-state index contributed by atoms with van der Waals surface area (Å²) < 4.78 is 12.7. The molecule has 0 bridgehead atoms. The first kappa shape index (κ1) is 15.0. The zero-order valence-corrected chi connectivity index (χ0v) is 11.6. The number of hydrogen-bond acceptors (Lipinski definition) is 2. The molecular formula is C16H22FNO2. The Labute approximate surface area is 119 Å². The molecule has 0 heterocycles.